The van der Waals surface area contributed by atoms with Crippen LogP contribution in [0.1, 0.15) is 65.9 Å². The SMILES string of the molecule is COC(=O)OC(C)C(C)C(c1ccc(OC(=O)OCCC(C)C)c(OC(=O)OCCC(C)C)c1)[C@H](N)C(=O)O. The number of aliphatic carboxylic acids is 1. The maximum absolute atomic E-state index is 12.4. The fourth-order valence-electron chi connectivity index (χ4n) is 3.48. The zero-order valence-corrected chi connectivity index (χ0v) is 23.6. The van der Waals surface area contributed by atoms with Crippen LogP contribution in [-0.2, 0) is 23.7 Å². The zero-order chi connectivity index (χ0) is 29.7. The average molecular weight is 556 g/mol. The van der Waals surface area contributed by atoms with Crippen LogP contribution in [0.4, 0.5) is 14.4 Å². The van der Waals surface area contributed by atoms with Gasteiger partial charge in [-0.25, -0.2) is 14.4 Å². The molecule has 39 heavy (non-hydrogen) atoms. The predicted octanol–water partition coefficient (Wildman–Crippen LogP) is 5.11. The minimum Gasteiger partial charge on any atom is -0.480 e. The molecule has 0 fully saturated rings. The molecule has 12 heteroatoms. The predicted molar refractivity (Wildman–Crippen MR) is 140 cm³/mol. The van der Waals surface area contributed by atoms with Crippen molar-refractivity contribution >= 4 is 24.4 Å². The van der Waals surface area contributed by atoms with Crippen LogP contribution in [-0.4, -0.2) is 62.0 Å². The van der Waals surface area contributed by atoms with Crippen LogP contribution in [0.25, 0.3) is 0 Å². The summed E-state index contributed by atoms with van der Waals surface area (Å²) in [5, 5.41) is 9.68. The number of benzene rings is 1. The fourth-order valence-corrected chi connectivity index (χ4v) is 3.48. The normalized spacial score (nSPS) is 14.1. The highest BCUT2D eigenvalue weighted by molar-refractivity contribution is 5.75. The van der Waals surface area contributed by atoms with Crippen molar-refractivity contribution in [3.05, 3.63) is 23.8 Å². The van der Waals surface area contributed by atoms with Gasteiger partial charge in [0.15, 0.2) is 11.5 Å². The van der Waals surface area contributed by atoms with Crippen molar-refractivity contribution in [1.29, 1.82) is 0 Å². The van der Waals surface area contributed by atoms with Crippen molar-refractivity contribution in [1.82, 2.24) is 0 Å². The van der Waals surface area contributed by atoms with E-state index in [9.17, 15) is 24.3 Å². The number of rotatable bonds is 14. The van der Waals surface area contributed by atoms with Crippen LogP contribution in [0.2, 0.25) is 0 Å². The molecule has 12 nitrogen and oxygen atoms in total. The summed E-state index contributed by atoms with van der Waals surface area (Å²) in [6.07, 6.45) is -2.56. The van der Waals surface area contributed by atoms with E-state index < -0.39 is 48.4 Å². The number of carboxylic acid groups (broad SMARTS) is 1. The summed E-state index contributed by atoms with van der Waals surface area (Å²) < 4.78 is 30.5. The van der Waals surface area contributed by atoms with Crippen molar-refractivity contribution in [2.75, 3.05) is 20.3 Å². The molecule has 0 saturated heterocycles. The van der Waals surface area contributed by atoms with E-state index in [1.165, 1.54) is 18.2 Å². The number of carbonyl (C=O) groups is 4. The van der Waals surface area contributed by atoms with Gasteiger partial charge in [0.1, 0.15) is 12.1 Å². The standard InChI is InChI=1S/C27H41NO11/c1-15(2)10-12-35-26(32)38-20-9-8-19(14-21(20)39-27(33)36-13-11-16(3)4)22(23(28)24(29)30)17(5)18(6)37-25(31)34-7/h8-9,14-18,22-23H,10-13,28H2,1-7H3,(H,29,30)/t17?,18?,22?,23-/m0/s1. The highest BCUT2D eigenvalue weighted by atomic mass is 16.7. The van der Waals surface area contributed by atoms with Gasteiger partial charge in [-0.3, -0.25) is 4.79 Å². The summed E-state index contributed by atoms with van der Waals surface area (Å²) >= 11 is 0. The quantitative estimate of drug-likeness (QED) is 0.177. The van der Waals surface area contributed by atoms with Crippen molar-refractivity contribution in [2.45, 2.75) is 72.4 Å². The molecule has 1 aromatic rings. The van der Waals surface area contributed by atoms with Gasteiger partial charge < -0.3 is 39.3 Å². The summed E-state index contributed by atoms with van der Waals surface area (Å²) in [5.41, 5.74) is 6.35. The Labute approximate surface area is 229 Å². The minimum atomic E-state index is -1.43. The smallest absolute Gasteiger partial charge is 0.480 e. The first kappa shape index (κ1) is 33.5. The van der Waals surface area contributed by atoms with Gasteiger partial charge in [0, 0.05) is 11.8 Å². The van der Waals surface area contributed by atoms with Gasteiger partial charge in [-0.1, -0.05) is 40.7 Å². The lowest BCUT2D eigenvalue weighted by Gasteiger charge is -2.31. The lowest BCUT2D eigenvalue weighted by Crippen LogP contribution is -2.42. The van der Waals surface area contributed by atoms with Crippen molar-refractivity contribution < 1.29 is 52.7 Å². The Balaban J connectivity index is 3.36. The molecule has 3 N–H and O–H groups in total. The van der Waals surface area contributed by atoms with Crippen LogP contribution in [0.3, 0.4) is 0 Å². The molecule has 0 heterocycles. The molecule has 0 bridgehead atoms. The molecule has 0 aliphatic rings. The largest absolute Gasteiger partial charge is 0.513 e. The third-order valence-electron chi connectivity index (χ3n) is 6.00. The zero-order valence-electron chi connectivity index (χ0n) is 23.6. The summed E-state index contributed by atoms with van der Waals surface area (Å²) in [6, 6.07) is 2.70. The molecule has 4 atom stereocenters. The number of hydrogen-bond donors (Lipinski definition) is 2. The number of ether oxygens (including phenoxy) is 6. The molecule has 0 aliphatic heterocycles. The third-order valence-corrected chi connectivity index (χ3v) is 6.00. The molecular formula is C27H41NO11. The minimum absolute atomic E-state index is 0.107. The van der Waals surface area contributed by atoms with Gasteiger partial charge in [0.05, 0.1) is 20.3 Å². The highest BCUT2D eigenvalue weighted by Gasteiger charge is 2.36. The number of nitrogens with two attached hydrogens (primary N) is 1. The molecule has 0 aliphatic carbocycles. The summed E-state index contributed by atoms with van der Waals surface area (Å²) in [5.74, 6) is -2.62. The maximum atomic E-state index is 12.4. The van der Waals surface area contributed by atoms with E-state index in [1.54, 1.807) is 13.8 Å². The molecular weight excluding hydrogens is 514 g/mol. The summed E-state index contributed by atoms with van der Waals surface area (Å²) in [6.45, 7) is 11.3. The molecule has 3 unspecified atom stereocenters. The fraction of sp³-hybridized carbons (Fsp3) is 0.630. The number of methoxy groups -OCH3 is 1. The second-order valence-corrected chi connectivity index (χ2v) is 10.00. The average Bonchev–Trinajstić information content (AvgIpc) is 2.84. The molecule has 1 aromatic carbocycles. The Morgan fingerprint density at radius 2 is 1.33 bits per heavy atom. The first-order valence-electron chi connectivity index (χ1n) is 12.8. The molecule has 220 valence electrons. The molecule has 1 rings (SSSR count). The van der Waals surface area contributed by atoms with E-state index in [2.05, 4.69) is 4.74 Å². The Hall–Kier alpha value is -3.54. The van der Waals surface area contributed by atoms with Gasteiger partial charge in [0.25, 0.3) is 0 Å². The molecule has 0 amide bonds. The number of carbonyl (C=O) groups excluding carboxylic acids is 3. The lowest BCUT2D eigenvalue weighted by molar-refractivity contribution is -0.139. The first-order valence-corrected chi connectivity index (χ1v) is 12.8. The molecule has 0 spiro atoms. The van der Waals surface area contributed by atoms with E-state index in [4.69, 9.17) is 29.4 Å². The van der Waals surface area contributed by atoms with Gasteiger partial charge in [-0.2, -0.15) is 0 Å². The van der Waals surface area contributed by atoms with E-state index >= 15 is 0 Å². The van der Waals surface area contributed by atoms with Crippen molar-refractivity contribution in [3.63, 3.8) is 0 Å². The number of hydrogen-bond acceptors (Lipinski definition) is 11. The maximum Gasteiger partial charge on any atom is 0.513 e. The second kappa shape index (κ2) is 16.4. The Kier molecular flexibility index (Phi) is 14.1. The van der Waals surface area contributed by atoms with Gasteiger partial charge in [0.2, 0.25) is 0 Å². The third kappa shape index (κ3) is 11.8. The van der Waals surface area contributed by atoms with Gasteiger partial charge in [-0.15, -0.1) is 0 Å². The Morgan fingerprint density at radius 3 is 1.79 bits per heavy atom. The Bertz CT molecular complexity index is 963. The summed E-state index contributed by atoms with van der Waals surface area (Å²) in [4.78, 5) is 48.1. The van der Waals surface area contributed by atoms with Crippen LogP contribution in [0.5, 0.6) is 11.5 Å². The van der Waals surface area contributed by atoms with E-state index in [0.29, 0.717) is 24.3 Å². The van der Waals surface area contributed by atoms with Crippen molar-refractivity contribution in [3.8, 4) is 11.5 Å². The summed E-state index contributed by atoms with van der Waals surface area (Å²) in [7, 11) is 1.15. The van der Waals surface area contributed by atoms with E-state index in [-0.39, 0.29) is 30.6 Å². The van der Waals surface area contributed by atoms with Crippen LogP contribution in [0, 0.1) is 17.8 Å². The van der Waals surface area contributed by atoms with E-state index in [1.807, 2.05) is 27.7 Å². The van der Waals surface area contributed by atoms with Crippen LogP contribution in [0.15, 0.2) is 18.2 Å². The Morgan fingerprint density at radius 1 is 0.821 bits per heavy atom. The highest BCUT2D eigenvalue weighted by Crippen LogP contribution is 2.37. The second-order valence-electron chi connectivity index (χ2n) is 10.00. The molecule has 0 saturated carbocycles. The molecule has 0 radical (unpaired) electrons. The van der Waals surface area contributed by atoms with Crippen LogP contribution >= 0.6 is 0 Å². The monoisotopic (exact) mass is 555 g/mol. The topological polar surface area (TPSA) is 170 Å². The van der Waals surface area contributed by atoms with Gasteiger partial charge >= 0.3 is 24.4 Å². The lowest BCUT2D eigenvalue weighted by atomic mass is 9.79. The van der Waals surface area contributed by atoms with E-state index in [0.717, 1.165) is 7.11 Å². The first-order chi connectivity index (χ1) is 18.3. The van der Waals surface area contributed by atoms with Gasteiger partial charge in [-0.05, 0) is 49.3 Å². The molecule has 0 aromatic heterocycles. The van der Waals surface area contributed by atoms with Crippen molar-refractivity contribution in [2.24, 2.45) is 23.5 Å². The number of carboxylic acids is 1. The van der Waals surface area contributed by atoms with Crippen LogP contribution < -0.4 is 15.2 Å².